The maximum Gasteiger partial charge on any atom is 0.416 e. The van der Waals surface area contributed by atoms with Gasteiger partial charge in [-0.15, -0.1) is 0 Å². The van der Waals surface area contributed by atoms with Crippen LogP contribution in [-0.2, 0) is 6.18 Å². The lowest BCUT2D eigenvalue weighted by Crippen LogP contribution is -2.17. The highest BCUT2D eigenvalue weighted by molar-refractivity contribution is 5.27. The number of halogens is 3. The topological polar surface area (TPSA) is 12.0 Å². The highest BCUT2D eigenvalue weighted by atomic mass is 19.4. The first kappa shape index (κ1) is 16.0. The van der Waals surface area contributed by atoms with Crippen molar-refractivity contribution < 1.29 is 13.2 Å². The van der Waals surface area contributed by atoms with Crippen molar-refractivity contribution in [2.75, 3.05) is 7.05 Å². The van der Waals surface area contributed by atoms with Crippen LogP contribution >= 0.6 is 0 Å². The van der Waals surface area contributed by atoms with E-state index in [2.05, 4.69) is 12.2 Å². The lowest BCUT2D eigenvalue weighted by Gasteiger charge is -2.18. The van der Waals surface area contributed by atoms with E-state index in [1.807, 2.05) is 0 Å². The molecule has 1 atom stereocenters. The molecule has 0 heterocycles. The van der Waals surface area contributed by atoms with Crippen molar-refractivity contribution >= 4 is 0 Å². The van der Waals surface area contributed by atoms with E-state index in [0.29, 0.717) is 5.56 Å². The lowest BCUT2D eigenvalue weighted by molar-refractivity contribution is -0.137. The predicted molar refractivity (Wildman–Crippen MR) is 72.0 cm³/mol. The van der Waals surface area contributed by atoms with E-state index in [9.17, 15) is 13.2 Å². The average Bonchev–Trinajstić information content (AvgIpc) is 2.38. The summed E-state index contributed by atoms with van der Waals surface area (Å²) >= 11 is 0. The number of benzene rings is 1. The molecule has 19 heavy (non-hydrogen) atoms. The van der Waals surface area contributed by atoms with E-state index in [1.54, 1.807) is 13.1 Å². The fourth-order valence-electron chi connectivity index (χ4n) is 2.18. The number of alkyl halides is 3. The summed E-state index contributed by atoms with van der Waals surface area (Å²) in [5.41, 5.74) is 0.146. The monoisotopic (exact) mass is 273 g/mol. The molecule has 0 aliphatic heterocycles. The van der Waals surface area contributed by atoms with E-state index < -0.39 is 11.7 Å². The van der Waals surface area contributed by atoms with Gasteiger partial charge in [0.15, 0.2) is 0 Å². The second-order valence-corrected chi connectivity index (χ2v) is 4.81. The molecule has 108 valence electrons. The van der Waals surface area contributed by atoms with E-state index in [1.165, 1.54) is 18.6 Å². The molecule has 0 saturated heterocycles. The van der Waals surface area contributed by atoms with Gasteiger partial charge >= 0.3 is 6.18 Å². The highest BCUT2D eigenvalue weighted by Crippen LogP contribution is 2.31. The zero-order chi connectivity index (χ0) is 14.3. The summed E-state index contributed by atoms with van der Waals surface area (Å²) in [6.45, 7) is 2.14. The van der Waals surface area contributed by atoms with Crippen LogP contribution in [0.25, 0.3) is 0 Å². The van der Waals surface area contributed by atoms with Crippen LogP contribution in [0.15, 0.2) is 24.3 Å². The van der Waals surface area contributed by atoms with Crippen molar-refractivity contribution in [3.63, 3.8) is 0 Å². The van der Waals surface area contributed by atoms with Crippen LogP contribution < -0.4 is 5.32 Å². The number of hydrogen-bond acceptors (Lipinski definition) is 1. The number of unbranched alkanes of at least 4 members (excludes halogenated alkanes) is 3. The molecule has 1 aromatic carbocycles. The standard InChI is InChI=1S/C15H22F3N/c1-3-4-5-6-10-14(19-2)12-8-7-9-13(11-12)15(16,17)18/h7-9,11,14,19H,3-6,10H2,1-2H3. The molecule has 0 bridgehead atoms. The summed E-state index contributed by atoms with van der Waals surface area (Å²) in [7, 11) is 1.80. The third-order valence-electron chi connectivity index (χ3n) is 3.31. The SMILES string of the molecule is CCCCCCC(NC)c1cccc(C(F)(F)F)c1. The second kappa shape index (κ2) is 7.53. The van der Waals surface area contributed by atoms with Gasteiger partial charge in [-0.2, -0.15) is 13.2 Å². The van der Waals surface area contributed by atoms with Gasteiger partial charge in [-0.25, -0.2) is 0 Å². The van der Waals surface area contributed by atoms with Gasteiger partial charge in [0, 0.05) is 6.04 Å². The average molecular weight is 273 g/mol. The van der Waals surface area contributed by atoms with Gasteiger partial charge in [-0.05, 0) is 31.2 Å². The van der Waals surface area contributed by atoms with Crippen LogP contribution in [0.5, 0.6) is 0 Å². The molecule has 0 aliphatic rings. The van der Waals surface area contributed by atoms with Crippen molar-refractivity contribution in [1.82, 2.24) is 5.32 Å². The van der Waals surface area contributed by atoms with Crippen molar-refractivity contribution in [3.05, 3.63) is 35.4 Å². The van der Waals surface area contributed by atoms with Crippen LogP contribution in [0.1, 0.15) is 56.2 Å². The fraction of sp³-hybridized carbons (Fsp3) is 0.600. The highest BCUT2D eigenvalue weighted by Gasteiger charge is 2.30. The smallest absolute Gasteiger partial charge is 0.313 e. The van der Waals surface area contributed by atoms with E-state index in [4.69, 9.17) is 0 Å². The van der Waals surface area contributed by atoms with Gasteiger partial charge in [0.05, 0.1) is 5.56 Å². The lowest BCUT2D eigenvalue weighted by atomic mass is 9.98. The maximum atomic E-state index is 12.7. The molecule has 1 nitrogen and oxygen atoms in total. The Morgan fingerprint density at radius 1 is 1.16 bits per heavy atom. The quantitative estimate of drug-likeness (QED) is 0.694. The Kier molecular flexibility index (Phi) is 6.35. The largest absolute Gasteiger partial charge is 0.416 e. The van der Waals surface area contributed by atoms with Gasteiger partial charge in [-0.1, -0.05) is 44.7 Å². The van der Waals surface area contributed by atoms with Crippen molar-refractivity contribution in [1.29, 1.82) is 0 Å². The summed E-state index contributed by atoms with van der Waals surface area (Å²) in [5, 5.41) is 3.11. The van der Waals surface area contributed by atoms with Gasteiger partial charge in [0.1, 0.15) is 0 Å². The first-order valence-electron chi connectivity index (χ1n) is 6.83. The van der Waals surface area contributed by atoms with E-state index in [-0.39, 0.29) is 6.04 Å². The van der Waals surface area contributed by atoms with Crippen LogP contribution in [0.3, 0.4) is 0 Å². The normalized spacial score (nSPS) is 13.5. The number of rotatable bonds is 7. The molecule has 1 rings (SSSR count). The van der Waals surface area contributed by atoms with Crippen molar-refractivity contribution in [2.24, 2.45) is 0 Å². The molecule has 1 N–H and O–H groups in total. The Morgan fingerprint density at radius 3 is 2.47 bits per heavy atom. The van der Waals surface area contributed by atoms with Gasteiger partial charge in [-0.3, -0.25) is 0 Å². The summed E-state index contributed by atoms with van der Waals surface area (Å²) < 4.78 is 38.0. The zero-order valence-corrected chi connectivity index (χ0v) is 11.6. The Bertz CT molecular complexity index is 374. The van der Waals surface area contributed by atoms with Gasteiger partial charge in [0.2, 0.25) is 0 Å². The minimum absolute atomic E-state index is 0.000781. The predicted octanol–water partition coefficient (Wildman–Crippen LogP) is 4.94. The number of hydrogen-bond donors (Lipinski definition) is 1. The molecule has 0 fully saturated rings. The van der Waals surface area contributed by atoms with Gasteiger partial charge in [0.25, 0.3) is 0 Å². The molecule has 4 heteroatoms. The third kappa shape index (κ3) is 5.23. The summed E-state index contributed by atoms with van der Waals surface area (Å²) in [5.74, 6) is 0. The van der Waals surface area contributed by atoms with Crippen LogP contribution in [0.4, 0.5) is 13.2 Å². The van der Waals surface area contributed by atoms with E-state index in [0.717, 1.165) is 31.7 Å². The molecule has 0 radical (unpaired) electrons. The molecule has 1 aromatic rings. The van der Waals surface area contributed by atoms with Crippen molar-refractivity contribution in [2.45, 2.75) is 51.2 Å². The first-order chi connectivity index (χ1) is 8.99. The molecule has 0 aliphatic carbocycles. The fourth-order valence-corrected chi connectivity index (χ4v) is 2.18. The van der Waals surface area contributed by atoms with Crippen LogP contribution in [-0.4, -0.2) is 7.05 Å². The van der Waals surface area contributed by atoms with Crippen LogP contribution in [0.2, 0.25) is 0 Å². The van der Waals surface area contributed by atoms with Gasteiger partial charge < -0.3 is 5.32 Å². The Morgan fingerprint density at radius 2 is 1.89 bits per heavy atom. The Hall–Kier alpha value is -1.03. The Labute approximate surface area is 113 Å². The van der Waals surface area contributed by atoms with Crippen molar-refractivity contribution in [3.8, 4) is 0 Å². The summed E-state index contributed by atoms with van der Waals surface area (Å²) in [6, 6.07) is 5.61. The third-order valence-corrected chi connectivity index (χ3v) is 3.31. The number of nitrogens with one attached hydrogen (secondary N) is 1. The minimum atomic E-state index is -4.27. The van der Waals surface area contributed by atoms with E-state index >= 15 is 0 Å². The Balaban J connectivity index is 2.70. The molecular formula is C15H22F3N. The molecular weight excluding hydrogens is 251 g/mol. The zero-order valence-electron chi connectivity index (χ0n) is 11.6. The summed E-state index contributed by atoms with van der Waals surface area (Å²) in [4.78, 5) is 0. The molecule has 0 amide bonds. The van der Waals surface area contributed by atoms with Crippen LogP contribution in [0, 0.1) is 0 Å². The molecule has 1 unspecified atom stereocenters. The second-order valence-electron chi connectivity index (χ2n) is 4.81. The molecule has 0 spiro atoms. The maximum absolute atomic E-state index is 12.7. The first-order valence-corrected chi connectivity index (χ1v) is 6.83. The molecule has 0 saturated carbocycles. The molecule has 0 aromatic heterocycles. The summed E-state index contributed by atoms with van der Waals surface area (Å²) in [6.07, 6.45) is 1.12. The minimum Gasteiger partial charge on any atom is -0.313 e.